The molecular weight excluding hydrogens is 418 g/mol. The summed E-state index contributed by atoms with van der Waals surface area (Å²) in [7, 11) is 1.65. The smallest absolute Gasteiger partial charge is 0.341 e. The van der Waals surface area contributed by atoms with E-state index in [2.05, 4.69) is 5.10 Å². The summed E-state index contributed by atoms with van der Waals surface area (Å²) in [6, 6.07) is 12.9. The van der Waals surface area contributed by atoms with E-state index in [4.69, 9.17) is 21.4 Å². The van der Waals surface area contributed by atoms with Crippen molar-refractivity contribution >= 4 is 28.5 Å². The molecule has 0 bridgehead atoms. The fourth-order valence-corrected chi connectivity index (χ4v) is 4.00. The predicted octanol–water partition coefficient (Wildman–Crippen LogP) is 3.74. The number of carboxylic acids is 1. The van der Waals surface area contributed by atoms with E-state index in [1.807, 2.05) is 43.5 Å². The number of rotatable bonds is 6. The van der Waals surface area contributed by atoms with Gasteiger partial charge in [-0.15, -0.1) is 0 Å². The second-order valence-electron chi connectivity index (χ2n) is 7.21. The maximum atomic E-state index is 13.1. The van der Waals surface area contributed by atoms with Crippen molar-refractivity contribution in [2.24, 2.45) is 7.05 Å². The zero-order valence-electron chi connectivity index (χ0n) is 17.0. The van der Waals surface area contributed by atoms with Crippen molar-refractivity contribution in [2.45, 2.75) is 13.3 Å². The number of nitrogens with zero attached hydrogens (tertiary/aromatic N) is 3. The Morgan fingerprint density at radius 1 is 1.19 bits per heavy atom. The van der Waals surface area contributed by atoms with Crippen LogP contribution in [0.15, 0.2) is 59.7 Å². The Morgan fingerprint density at radius 3 is 2.58 bits per heavy atom. The molecule has 4 rings (SSSR count). The molecule has 2 heterocycles. The number of carbonyl (C=O) groups is 1. The average Bonchev–Trinajstić information content (AvgIpc) is 3.29. The lowest BCUT2D eigenvalue weighted by atomic mass is 9.97. The zero-order chi connectivity index (χ0) is 22.1. The van der Waals surface area contributed by atoms with Gasteiger partial charge in [0, 0.05) is 36.8 Å². The Bertz CT molecular complexity index is 1330. The number of halogens is 1. The number of pyridine rings is 1. The van der Waals surface area contributed by atoms with E-state index in [-0.39, 0.29) is 5.56 Å². The Morgan fingerprint density at radius 2 is 1.94 bits per heavy atom. The molecule has 31 heavy (non-hydrogen) atoms. The minimum absolute atomic E-state index is 0.154. The van der Waals surface area contributed by atoms with Crippen LogP contribution in [0.25, 0.3) is 16.6 Å². The van der Waals surface area contributed by atoms with Gasteiger partial charge < -0.3 is 14.4 Å². The molecule has 0 amide bonds. The molecule has 4 aromatic rings. The van der Waals surface area contributed by atoms with Crippen LogP contribution in [0.1, 0.15) is 16.7 Å². The van der Waals surface area contributed by atoms with E-state index in [9.17, 15) is 9.59 Å². The van der Waals surface area contributed by atoms with Crippen molar-refractivity contribution in [1.82, 2.24) is 14.3 Å². The van der Waals surface area contributed by atoms with Gasteiger partial charge in [0.1, 0.15) is 5.75 Å². The van der Waals surface area contributed by atoms with Crippen LogP contribution in [-0.2, 0) is 18.3 Å². The van der Waals surface area contributed by atoms with Crippen molar-refractivity contribution in [1.29, 1.82) is 0 Å². The Kier molecular flexibility index (Phi) is 5.52. The summed E-state index contributed by atoms with van der Waals surface area (Å²) >= 11 is 6.38. The van der Waals surface area contributed by atoms with Gasteiger partial charge in [-0.3, -0.25) is 4.79 Å². The molecule has 0 aliphatic carbocycles. The first-order chi connectivity index (χ1) is 14.9. The van der Waals surface area contributed by atoms with Crippen molar-refractivity contribution in [3.8, 4) is 11.4 Å². The van der Waals surface area contributed by atoms with Crippen LogP contribution in [0, 0.1) is 6.92 Å². The summed E-state index contributed by atoms with van der Waals surface area (Å²) in [5.41, 5.74) is 3.57. The highest BCUT2D eigenvalue weighted by molar-refractivity contribution is 6.35. The Hall–Kier alpha value is -3.58. The molecule has 0 saturated carbocycles. The topological polar surface area (TPSA) is 86.4 Å². The molecule has 0 spiro atoms. The van der Waals surface area contributed by atoms with Gasteiger partial charge in [-0.25, -0.2) is 9.48 Å². The molecule has 0 aliphatic heterocycles. The number of ether oxygens (including phenoxy) is 1. The van der Waals surface area contributed by atoms with Crippen LogP contribution in [0.3, 0.4) is 0 Å². The molecule has 0 fully saturated rings. The van der Waals surface area contributed by atoms with Crippen LogP contribution in [0.4, 0.5) is 0 Å². The average molecular weight is 438 g/mol. The van der Waals surface area contributed by atoms with E-state index in [0.29, 0.717) is 33.7 Å². The fraction of sp³-hybridized carbons (Fsp3) is 0.174. The third kappa shape index (κ3) is 3.92. The SMILES string of the molecule is Cc1c(Cc2ccc(-n3cccn3)cc2)c(=O)n(C)c2c(Cl)ccc(OCC(=O)O)c12. The number of aliphatic carboxylic acids is 1. The first-order valence-corrected chi connectivity index (χ1v) is 9.99. The molecular formula is C23H20ClN3O4. The van der Waals surface area contributed by atoms with E-state index in [0.717, 1.165) is 16.8 Å². The first kappa shape index (κ1) is 20.7. The number of aryl methyl sites for hydroxylation is 2. The summed E-state index contributed by atoms with van der Waals surface area (Å²) in [5, 5.41) is 14.3. The van der Waals surface area contributed by atoms with Gasteiger partial charge in [-0.1, -0.05) is 23.7 Å². The molecule has 2 aromatic carbocycles. The highest BCUT2D eigenvalue weighted by atomic mass is 35.5. The number of hydrogen-bond donors (Lipinski definition) is 1. The molecule has 1 N–H and O–H groups in total. The van der Waals surface area contributed by atoms with E-state index >= 15 is 0 Å². The lowest BCUT2D eigenvalue weighted by Gasteiger charge is -2.17. The largest absolute Gasteiger partial charge is 0.481 e. The van der Waals surface area contributed by atoms with Crippen LogP contribution in [-0.4, -0.2) is 32.0 Å². The van der Waals surface area contributed by atoms with E-state index < -0.39 is 12.6 Å². The molecule has 0 atom stereocenters. The van der Waals surface area contributed by atoms with Crippen LogP contribution in [0.5, 0.6) is 5.75 Å². The van der Waals surface area contributed by atoms with Gasteiger partial charge in [0.2, 0.25) is 0 Å². The molecule has 158 valence electrons. The molecule has 0 saturated heterocycles. The lowest BCUT2D eigenvalue weighted by Crippen LogP contribution is -2.24. The molecule has 2 aromatic heterocycles. The molecule has 0 radical (unpaired) electrons. The Balaban J connectivity index is 1.80. The monoisotopic (exact) mass is 437 g/mol. The second kappa shape index (κ2) is 8.28. The maximum absolute atomic E-state index is 13.1. The number of aromatic nitrogens is 3. The minimum Gasteiger partial charge on any atom is -0.481 e. The Labute approximate surface area is 183 Å². The summed E-state index contributed by atoms with van der Waals surface area (Å²) in [6.45, 7) is 1.35. The van der Waals surface area contributed by atoms with Gasteiger partial charge in [-0.2, -0.15) is 5.10 Å². The normalized spacial score (nSPS) is 11.1. The van der Waals surface area contributed by atoms with E-state index in [1.54, 1.807) is 30.1 Å². The van der Waals surface area contributed by atoms with E-state index in [1.165, 1.54) is 4.57 Å². The van der Waals surface area contributed by atoms with Gasteiger partial charge in [0.25, 0.3) is 5.56 Å². The van der Waals surface area contributed by atoms with Crippen LogP contribution in [0.2, 0.25) is 5.02 Å². The first-order valence-electron chi connectivity index (χ1n) is 9.61. The third-order valence-electron chi connectivity index (χ3n) is 5.25. The third-order valence-corrected chi connectivity index (χ3v) is 5.56. The van der Waals surface area contributed by atoms with Gasteiger partial charge in [0.05, 0.1) is 16.2 Å². The second-order valence-corrected chi connectivity index (χ2v) is 7.62. The van der Waals surface area contributed by atoms with Crippen molar-refractivity contribution < 1.29 is 14.6 Å². The van der Waals surface area contributed by atoms with Crippen molar-refractivity contribution in [3.05, 3.63) is 86.9 Å². The van der Waals surface area contributed by atoms with Crippen molar-refractivity contribution in [2.75, 3.05) is 6.61 Å². The molecule has 0 aliphatic rings. The van der Waals surface area contributed by atoms with Crippen LogP contribution < -0.4 is 10.3 Å². The zero-order valence-corrected chi connectivity index (χ0v) is 17.8. The number of fused-ring (bicyclic) bond motifs is 1. The summed E-state index contributed by atoms with van der Waals surface area (Å²) in [5.74, 6) is -0.701. The molecule has 7 nitrogen and oxygen atoms in total. The summed E-state index contributed by atoms with van der Waals surface area (Å²) in [4.78, 5) is 24.1. The lowest BCUT2D eigenvalue weighted by molar-refractivity contribution is -0.139. The predicted molar refractivity (Wildman–Crippen MR) is 118 cm³/mol. The fourth-order valence-electron chi connectivity index (χ4n) is 3.71. The van der Waals surface area contributed by atoms with Gasteiger partial charge in [0.15, 0.2) is 6.61 Å². The summed E-state index contributed by atoms with van der Waals surface area (Å²) < 4.78 is 8.74. The quantitative estimate of drug-likeness (QED) is 0.496. The number of hydrogen-bond acceptors (Lipinski definition) is 4. The van der Waals surface area contributed by atoms with Crippen molar-refractivity contribution in [3.63, 3.8) is 0 Å². The van der Waals surface area contributed by atoms with Gasteiger partial charge in [-0.05, 0) is 48.4 Å². The van der Waals surface area contributed by atoms with Gasteiger partial charge >= 0.3 is 5.97 Å². The summed E-state index contributed by atoms with van der Waals surface area (Å²) in [6.07, 6.45) is 3.99. The maximum Gasteiger partial charge on any atom is 0.341 e. The standard InChI is InChI=1S/C23H20ClN3O4/c1-14-17(12-15-4-6-16(7-5-15)27-11-3-10-25-27)23(30)26(2)22-18(24)8-9-19(21(14)22)31-13-20(28)29/h3-11H,12-13H2,1-2H3,(H,28,29). The van der Waals surface area contributed by atoms with Crippen LogP contribution >= 0.6 is 11.6 Å². The highest BCUT2D eigenvalue weighted by Gasteiger charge is 2.19. The molecule has 8 heteroatoms. The number of carboxylic acid groups (broad SMARTS) is 1. The highest BCUT2D eigenvalue weighted by Crippen LogP contribution is 2.34. The minimum atomic E-state index is -1.08. The molecule has 0 unspecified atom stereocenters. The number of benzene rings is 2.